The molecule has 0 fully saturated rings. The molecule has 0 radical (unpaired) electrons. The van der Waals surface area contributed by atoms with Crippen LogP contribution in [0.5, 0.6) is 0 Å². The van der Waals surface area contributed by atoms with Gasteiger partial charge in [-0.15, -0.1) is 0 Å². The Balaban J connectivity index is 2.65. The van der Waals surface area contributed by atoms with Crippen LogP contribution < -0.4 is 0 Å². The molecule has 3 heteroatoms. The number of aryl methyl sites for hydroxylation is 1. The molecule has 0 bridgehead atoms. The Morgan fingerprint density at radius 2 is 2.43 bits per heavy atom. The number of aliphatic hydroxyl groups is 1. The summed E-state index contributed by atoms with van der Waals surface area (Å²) in [4.78, 5) is 4.94. The van der Waals surface area contributed by atoms with E-state index in [0.717, 1.165) is 11.1 Å². The van der Waals surface area contributed by atoms with Crippen LogP contribution in [0.3, 0.4) is 0 Å². The van der Waals surface area contributed by atoms with Crippen LogP contribution in [0.1, 0.15) is 11.1 Å². The smallest absolute Gasteiger partial charge is 0.158 e. The minimum Gasteiger partial charge on any atom is -0.391 e. The number of oxime groups is 1. The molecule has 1 aromatic carbocycles. The highest BCUT2D eigenvalue weighted by Crippen LogP contribution is 2.14. The molecule has 74 valence electrons. The zero-order valence-corrected chi connectivity index (χ0v) is 8.10. The van der Waals surface area contributed by atoms with Gasteiger partial charge in [-0.1, -0.05) is 35.5 Å². The third-order valence-corrected chi connectivity index (χ3v) is 1.66. The molecule has 1 aromatic rings. The quantitative estimate of drug-likeness (QED) is 0.449. The lowest BCUT2D eigenvalue weighted by Gasteiger charge is -2.03. The Kier molecular flexibility index (Phi) is 3.88. The Hall–Kier alpha value is -1.61. The molecule has 0 heterocycles. The van der Waals surface area contributed by atoms with Crippen molar-refractivity contribution in [2.24, 2.45) is 5.16 Å². The van der Waals surface area contributed by atoms with Crippen molar-refractivity contribution in [3.63, 3.8) is 0 Å². The first-order valence-electron chi connectivity index (χ1n) is 4.29. The lowest BCUT2D eigenvalue weighted by atomic mass is 10.1. The summed E-state index contributed by atoms with van der Waals surface area (Å²) in [5, 5.41) is 12.0. The minimum atomic E-state index is -0.138. The molecule has 0 aliphatic carbocycles. The first-order valence-corrected chi connectivity index (χ1v) is 4.29. The summed E-state index contributed by atoms with van der Waals surface area (Å²) in [6.07, 6.45) is 1.26. The van der Waals surface area contributed by atoms with Crippen LogP contribution in [0, 0.1) is 6.92 Å². The van der Waals surface area contributed by atoms with E-state index in [1.54, 1.807) is 0 Å². The average molecular weight is 191 g/mol. The van der Waals surface area contributed by atoms with Crippen molar-refractivity contribution in [1.82, 2.24) is 0 Å². The van der Waals surface area contributed by atoms with Crippen LogP contribution in [0.25, 0.3) is 5.76 Å². The van der Waals surface area contributed by atoms with Gasteiger partial charge in [0, 0.05) is 5.56 Å². The van der Waals surface area contributed by atoms with E-state index >= 15 is 0 Å². The fourth-order valence-corrected chi connectivity index (χ4v) is 1.01. The zero-order valence-electron chi connectivity index (χ0n) is 8.10. The van der Waals surface area contributed by atoms with E-state index in [4.69, 9.17) is 9.94 Å². The van der Waals surface area contributed by atoms with Crippen LogP contribution >= 0.6 is 0 Å². The lowest BCUT2D eigenvalue weighted by Crippen LogP contribution is -1.88. The van der Waals surface area contributed by atoms with Crippen molar-refractivity contribution >= 4 is 12.0 Å². The highest BCUT2D eigenvalue weighted by molar-refractivity contribution is 5.60. The first-order chi connectivity index (χ1) is 6.74. The fourth-order valence-electron chi connectivity index (χ4n) is 1.01. The van der Waals surface area contributed by atoms with Crippen LogP contribution in [-0.4, -0.2) is 17.9 Å². The SMILES string of the molecule is C=C(O/N=C/CO)c1cccc(C)c1. The molecular weight excluding hydrogens is 178 g/mol. The van der Waals surface area contributed by atoms with Gasteiger partial charge < -0.3 is 9.94 Å². The Labute approximate surface area is 83.3 Å². The summed E-state index contributed by atoms with van der Waals surface area (Å²) in [5.41, 5.74) is 2.03. The van der Waals surface area contributed by atoms with Gasteiger partial charge >= 0.3 is 0 Å². The molecule has 0 aliphatic heterocycles. The van der Waals surface area contributed by atoms with E-state index in [1.165, 1.54) is 6.21 Å². The predicted molar refractivity (Wildman–Crippen MR) is 56.9 cm³/mol. The molecule has 0 saturated heterocycles. The standard InChI is InChI=1S/C11H13NO2/c1-9-4-3-5-11(8-9)10(2)14-12-6-7-13/h3-6,8,13H,2,7H2,1H3/b12-6+. The summed E-state index contributed by atoms with van der Waals surface area (Å²) in [6.45, 7) is 5.58. The van der Waals surface area contributed by atoms with E-state index < -0.39 is 0 Å². The second-order valence-electron chi connectivity index (χ2n) is 2.85. The molecule has 14 heavy (non-hydrogen) atoms. The number of rotatable bonds is 4. The van der Waals surface area contributed by atoms with Crippen molar-refractivity contribution < 1.29 is 9.94 Å². The molecule has 0 aromatic heterocycles. The molecule has 0 spiro atoms. The maximum absolute atomic E-state index is 8.43. The summed E-state index contributed by atoms with van der Waals surface area (Å²) in [5.74, 6) is 0.471. The third kappa shape index (κ3) is 3.03. The molecule has 1 rings (SSSR count). The maximum atomic E-state index is 8.43. The molecule has 0 aliphatic rings. The van der Waals surface area contributed by atoms with Gasteiger partial charge in [0.05, 0.1) is 12.8 Å². The van der Waals surface area contributed by atoms with Gasteiger partial charge in [0.2, 0.25) is 0 Å². The first kappa shape index (κ1) is 10.5. The topological polar surface area (TPSA) is 41.8 Å². The number of nitrogens with zero attached hydrogens (tertiary/aromatic N) is 1. The molecule has 1 N–H and O–H groups in total. The summed E-state index contributed by atoms with van der Waals surface area (Å²) >= 11 is 0. The third-order valence-electron chi connectivity index (χ3n) is 1.66. The van der Waals surface area contributed by atoms with Gasteiger partial charge in [-0.25, -0.2) is 0 Å². The molecule has 0 unspecified atom stereocenters. The zero-order chi connectivity index (χ0) is 10.4. The average Bonchev–Trinajstić information content (AvgIpc) is 2.18. The molecular formula is C11H13NO2. The summed E-state index contributed by atoms with van der Waals surface area (Å²) < 4.78 is 0. The summed E-state index contributed by atoms with van der Waals surface area (Å²) in [7, 11) is 0. The molecule has 3 nitrogen and oxygen atoms in total. The van der Waals surface area contributed by atoms with E-state index in [1.807, 2.05) is 31.2 Å². The van der Waals surface area contributed by atoms with Gasteiger partial charge in [-0.3, -0.25) is 0 Å². The Morgan fingerprint density at radius 1 is 1.64 bits per heavy atom. The largest absolute Gasteiger partial charge is 0.391 e. The van der Waals surface area contributed by atoms with E-state index in [0.29, 0.717) is 5.76 Å². The van der Waals surface area contributed by atoms with Crippen molar-refractivity contribution in [2.75, 3.05) is 6.61 Å². The van der Waals surface area contributed by atoms with Crippen molar-refractivity contribution in [2.45, 2.75) is 6.92 Å². The van der Waals surface area contributed by atoms with E-state index in [9.17, 15) is 0 Å². The number of aliphatic hydroxyl groups excluding tert-OH is 1. The molecule has 0 atom stereocenters. The summed E-state index contributed by atoms with van der Waals surface area (Å²) in [6, 6.07) is 7.77. The van der Waals surface area contributed by atoms with Gasteiger partial charge in [-0.2, -0.15) is 0 Å². The Morgan fingerprint density at radius 3 is 3.07 bits per heavy atom. The van der Waals surface area contributed by atoms with Gasteiger partial charge in [0.15, 0.2) is 5.76 Å². The molecule has 0 saturated carbocycles. The number of hydrogen-bond donors (Lipinski definition) is 1. The van der Waals surface area contributed by atoms with Crippen molar-refractivity contribution in [1.29, 1.82) is 0 Å². The highest BCUT2D eigenvalue weighted by atomic mass is 16.6. The van der Waals surface area contributed by atoms with E-state index in [-0.39, 0.29) is 6.61 Å². The van der Waals surface area contributed by atoms with Crippen molar-refractivity contribution in [3.05, 3.63) is 42.0 Å². The maximum Gasteiger partial charge on any atom is 0.158 e. The molecule has 0 amide bonds. The predicted octanol–water partition coefficient (Wildman–Crippen LogP) is 1.96. The van der Waals surface area contributed by atoms with Crippen LogP contribution in [0.15, 0.2) is 36.0 Å². The van der Waals surface area contributed by atoms with Crippen LogP contribution in [0.2, 0.25) is 0 Å². The van der Waals surface area contributed by atoms with Crippen LogP contribution in [-0.2, 0) is 4.84 Å². The highest BCUT2D eigenvalue weighted by Gasteiger charge is 1.98. The van der Waals surface area contributed by atoms with E-state index in [2.05, 4.69) is 11.7 Å². The second-order valence-corrected chi connectivity index (χ2v) is 2.85. The number of hydrogen-bond acceptors (Lipinski definition) is 3. The van der Waals surface area contributed by atoms with Crippen molar-refractivity contribution in [3.8, 4) is 0 Å². The second kappa shape index (κ2) is 5.19. The normalized spacial score (nSPS) is 10.4. The minimum absolute atomic E-state index is 0.138. The van der Waals surface area contributed by atoms with Crippen LogP contribution in [0.4, 0.5) is 0 Å². The lowest BCUT2D eigenvalue weighted by molar-refractivity contribution is 0.292. The Bertz CT molecular complexity index is 345. The van der Waals surface area contributed by atoms with Gasteiger partial charge in [0.1, 0.15) is 0 Å². The van der Waals surface area contributed by atoms with Gasteiger partial charge in [-0.05, 0) is 13.0 Å². The fraction of sp³-hybridized carbons (Fsp3) is 0.182. The van der Waals surface area contributed by atoms with Gasteiger partial charge in [0.25, 0.3) is 0 Å². The monoisotopic (exact) mass is 191 g/mol. The number of benzene rings is 1.